The van der Waals surface area contributed by atoms with Gasteiger partial charge in [0.25, 0.3) is 23.6 Å². The quantitative estimate of drug-likeness (QED) is 0.0613. The van der Waals surface area contributed by atoms with E-state index in [9.17, 15) is 19.2 Å². The lowest BCUT2D eigenvalue weighted by Gasteiger charge is -2.27. The van der Waals surface area contributed by atoms with Crippen LogP contribution in [-0.2, 0) is 23.8 Å². The molecule has 0 aromatic heterocycles. The number of amides is 4. The van der Waals surface area contributed by atoms with E-state index in [0.717, 1.165) is 34.4 Å². The number of benzene rings is 3. The molecule has 1 unspecified atom stereocenters. The molecular formula is C54H69N5O11Si2. The Morgan fingerprint density at radius 2 is 1.12 bits per heavy atom. The van der Waals surface area contributed by atoms with Gasteiger partial charge in [-0.1, -0.05) is 75.7 Å². The standard InChI is InChI=1S/C54H69N5O11Si2/c1-64-38-17-15-35(16-18-38)36-25-45-53(62)58(33-67-21-23-71(4,5)6)43-29-49(47(65-2)27-40(43)51(60)56(45)31-36)69-19-12-20-70-50-30-44-41(28-48(50)66-3)52(61)57-32-37(39-13-10-11-14-42(39)55)26-46(57)54(63)59(44)34-68-22-24-72(7,8)9/h10-11,13-17,27-32,38,45-46H,12,18-26,33-34,55H2,1-9H3/t38?,45-,46-/m0/s1. The van der Waals surface area contributed by atoms with Gasteiger partial charge in [-0.05, 0) is 53.4 Å². The Kier molecular flexibility index (Phi) is 15.9. The predicted octanol–water partition coefficient (Wildman–Crippen LogP) is 8.71. The number of methoxy groups -OCH3 is 3. The van der Waals surface area contributed by atoms with Gasteiger partial charge in [0.1, 0.15) is 25.5 Å². The first-order valence-corrected chi connectivity index (χ1v) is 32.1. The fourth-order valence-electron chi connectivity index (χ4n) is 9.29. The lowest BCUT2D eigenvalue weighted by Crippen LogP contribution is -2.45. The molecule has 384 valence electrons. The summed E-state index contributed by atoms with van der Waals surface area (Å²) in [5, 5.41) is 0. The van der Waals surface area contributed by atoms with E-state index in [1.807, 2.05) is 30.4 Å². The van der Waals surface area contributed by atoms with Crippen molar-refractivity contribution in [3.05, 3.63) is 107 Å². The summed E-state index contributed by atoms with van der Waals surface area (Å²) in [6, 6.07) is 14.3. The van der Waals surface area contributed by atoms with Crippen molar-refractivity contribution >= 4 is 62.4 Å². The number of nitrogen functional groups attached to an aromatic ring is 1. The normalized spacial score (nSPS) is 19.8. The average molecular weight is 1020 g/mol. The molecule has 0 radical (unpaired) electrons. The number of allylic oxidation sites excluding steroid dienone is 2. The Balaban J connectivity index is 1.01. The van der Waals surface area contributed by atoms with Crippen LogP contribution in [0.15, 0.2) is 90.3 Å². The number of nitrogens with zero attached hydrogens (tertiary/aromatic N) is 4. The average Bonchev–Trinajstić information content (AvgIpc) is 3.98. The summed E-state index contributed by atoms with van der Waals surface area (Å²) in [6.07, 6.45) is 11.3. The number of rotatable bonds is 21. The number of carbonyl (C=O) groups is 4. The summed E-state index contributed by atoms with van der Waals surface area (Å²) in [5.74, 6) is 0.0761. The van der Waals surface area contributed by atoms with E-state index < -0.39 is 28.2 Å². The minimum atomic E-state index is -1.45. The molecule has 0 saturated carbocycles. The summed E-state index contributed by atoms with van der Waals surface area (Å²) in [5.41, 5.74) is 11.6. The number of nitrogens with two attached hydrogens (primary N) is 1. The van der Waals surface area contributed by atoms with Gasteiger partial charge in [0.15, 0.2) is 23.0 Å². The van der Waals surface area contributed by atoms with Crippen molar-refractivity contribution < 1.29 is 52.3 Å². The molecule has 1 aliphatic carbocycles. The van der Waals surface area contributed by atoms with Crippen LogP contribution in [0.4, 0.5) is 17.1 Å². The molecular weight excluding hydrogens is 951 g/mol. The van der Waals surface area contributed by atoms with Gasteiger partial charge < -0.3 is 48.7 Å². The van der Waals surface area contributed by atoms with Crippen molar-refractivity contribution in [2.24, 2.45) is 0 Å². The van der Waals surface area contributed by atoms with Gasteiger partial charge in [0, 0.05) is 91.5 Å². The number of ether oxygens (including phenoxy) is 7. The zero-order chi connectivity index (χ0) is 51.5. The Bertz CT molecular complexity index is 2710. The first kappa shape index (κ1) is 52.1. The van der Waals surface area contributed by atoms with E-state index in [0.29, 0.717) is 72.5 Å². The third-order valence-corrected chi connectivity index (χ3v) is 17.0. The van der Waals surface area contributed by atoms with Crippen molar-refractivity contribution in [1.82, 2.24) is 9.80 Å². The Morgan fingerprint density at radius 1 is 0.625 bits per heavy atom. The molecule has 3 aromatic carbocycles. The molecule has 0 bridgehead atoms. The molecule has 16 nitrogen and oxygen atoms in total. The first-order valence-electron chi connectivity index (χ1n) is 24.7. The van der Waals surface area contributed by atoms with E-state index in [2.05, 4.69) is 45.4 Å². The predicted molar refractivity (Wildman–Crippen MR) is 283 cm³/mol. The van der Waals surface area contributed by atoms with Crippen LogP contribution in [0.2, 0.25) is 51.4 Å². The summed E-state index contributed by atoms with van der Waals surface area (Å²) in [6.45, 7) is 14.8. The summed E-state index contributed by atoms with van der Waals surface area (Å²) < 4.78 is 42.2. The Labute approximate surface area is 424 Å². The molecule has 4 heterocycles. The highest BCUT2D eigenvalue weighted by atomic mass is 28.3. The van der Waals surface area contributed by atoms with Gasteiger partial charge >= 0.3 is 0 Å². The van der Waals surface area contributed by atoms with Crippen LogP contribution in [0, 0.1) is 0 Å². The second-order valence-corrected chi connectivity index (χ2v) is 32.4. The van der Waals surface area contributed by atoms with Crippen LogP contribution in [-0.4, -0.2) is 129 Å². The monoisotopic (exact) mass is 1020 g/mol. The molecule has 0 saturated heterocycles. The second kappa shape index (κ2) is 21.9. The molecule has 3 aromatic rings. The van der Waals surface area contributed by atoms with E-state index in [4.69, 9.17) is 38.9 Å². The van der Waals surface area contributed by atoms with Crippen molar-refractivity contribution in [2.45, 2.75) is 95.2 Å². The minimum Gasteiger partial charge on any atom is -0.493 e. The fourth-order valence-corrected chi connectivity index (χ4v) is 10.8. The van der Waals surface area contributed by atoms with Crippen molar-refractivity contribution in [2.75, 3.05) is 76.8 Å². The van der Waals surface area contributed by atoms with Gasteiger partial charge in [0.2, 0.25) is 0 Å². The topological polar surface area (TPSA) is 172 Å². The van der Waals surface area contributed by atoms with Gasteiger partial charge in [-0.2, -0.15) is 0 Å². The summed E-state index contributed by atoms with van der Waals surface area (Å²) in [7, 11) is 1.79. The number of carbonyl (C=O) groups excluding carboxylic acids is 4. The minimum absolute atomic E-state index is 0.0181. The molecule has 8 rings (SSSR count). The molecule has 3 atom stereocenters. The number of fused-ring (bicyclic) bond motifs is 4. The Hall–Kier alpha value is -6.19. The number of hydrogen-bond donors (Lipinski definition) is 1. The van der Waals surface area contributed by atoms with Gasteiger partial charge in [-0.15, -0.1) is 0 Å². The van der Waals surface area contributed by atoms with Crippen molar-refractivity contribution in [3.8, 4) is 23.0 Å². The maximum atomic E-state index is 14.6. The highest BCUT2D eigenvalue weighted by Crippen LogP contribution is 2.44. The first-order chi connectivity index (χ1) is 34.4. The molecule has 4 aliphatic heterocycles. The molecule has 2 N–H and O–H groups in total. The second-order valence-electron chi connectivity index (χ2n) is 21.1. The largest absolute Gasteiger partial charge is 0.493 e. The SMILES string of the molecule is COc1cc2c(cc1OCCCOc1cc3c(cc1OC)C(=O)N1C=C(c4ccccc4N)C[C@H]1C(=O)N3COCC[Si](C)(C)C)N(COCC[Si](C)(C)C)C(=O)[C@@H]1CC(C3=CCC(OC)C=C3)=CN1C2=O. The van der Waals surface area contributed by atoms with Crippen LogP contribution < -0.4 is 34.5 Å². The molecule has 5 aliphatic rings. The van der Waals surface area contributed by atoms with Crippen LogP contribution in [0.1, 0.15) is 52.0 Å². The number of para-hydroxylation sites is 1. The maximum absolute atomic E-state index is 14.6. The van der Waals surface area contributed by atoms with E-state index in [1.54, 1.807) is 54.7 Å². The smallest absolute Gasteiger partial charge is 0.260 e. The highest BCUT2D eigenvalue weighted by molar-refractivity contribution is 6.76. The fraction of sp³-hybridized carbons (Fsp3) is 0.444. The lowest BCUT2D eigenvalue weighted by molar-refractivity contribution is -0.123. The van der Waals surface area contributed by atoms with Crippen LogP contribution >= 0.6 is 0 Å². The molecule has 72 heavy (non-hydrogen) atoms. The van der Waals surface area contributed by atoms with Gasteiger partial charge in [0.05, 0.1) is 56.0 Å². The third kappa shape index (κ3) is 11.4. The van der Waals surface area contributed by atoms with E-state index in [1.165, 1.54) is 28.9 Å². The number of anilines is 3. The zero-order valence-electron chi connectivity index (χ0n) is 43.1. The van der Waals surface area contributed by atoms with Crippen molar-refractivity contribution in [3.63, 3.8) is 0 Å². The van der Waals surface area contributed by atoms with E-state index in [-0.39, 0.29) is 74.0 Å². The Morgan fingerprint density at radius 3 is 1.58 bits per heavy atom. The molecule has 0 fully saturated rings. The van der Waals surface area contributed by atoms with Gasteiger partial charge in [-0.25, -0.2) is 0 Å². The van der Waals surface area contributed by atoms with Crippen LogP contribution in [0.25, 0.3) is 5.57 Å². The summed E-state index contributed by atoms with van der Waals surface area (Å²) in [4.78, 5) is 64.3. The maximum Gasteiger partial charge on any atom is 0.260 e. The number of hydrogen-bond acceptors (Lipinski definition) is 12. The van der Waals surface area contributed by atoms with Crippen LogP contribution in [0.3, 0.4) is 0 Å². The van der Waals surface area contributed by atoms with E-state index >= 15 is 0 Å². The van der Waals surface area contributed by atoms with Crippen molar-refractivity contribution in [1.29, 1.82) is 0 Å². The zero-order valence-corrected chi connectivity index (χ0v) is 45.1. The van der Waals surface area contributed by atoms with Crippen LogP contribution in [0.5, 0.6) is 23.0 Å². The highest BCUT2D eigenvalue weighted by Gasteiger charge is 2.45. The molecule has 0 spiro atoms. The van der Waals surface area contributed by atoms with Gasteiger partial charge in [-0.3, -0.25) is 29.0 Å². The third-order valence-electron chi connectivity index (χ3n) is 13.5. The summed E-state index contributed by atoms with van der Waals surface area (Å²) >= 11 is 0. The lowest BCUT2D eigenvalue weighted by atomic mass is 9.96. The molecule has 18 heteroatoms. The molecule has 4 amide bonds.